The van der Waals surface area contributed by atoms with Crippen LogP contribution in [0.2, 0.25) is 0 Å². The van der Waals surface area contributed by atoms with Crippen LogP contribution in [0.25, 0.3) is 0 Å². The summed E-state index contributed by atoms with van der Waals surface area (Å²) in [6.45, 7) is 5.07. The minimum absolute atomic E-state index is 0.107. The Hall–Kier alpha value is -2.34. The lowest BCUT2D eigenvalue weighted by Gasteiger charge is -2.45. The third-order valence-electron chi connectivity index (χ3n) is 5.59. The number of carbonyl (C=O) groups is 1. The van der Waals surface area contributed by atoms with Crippen LogP contribution in [0, 0.1) is 0 Å². The van der Waals surface area contributed by atoms with Crippen molar-refractivity contribution < 1.29 is 4.79 Å². The Bertz CT molecular complexity index is 734. The number of nitrogens with one attached hydrogen (secondary N) is 2. The number of hydrogen-bond acceptors (Lipinski definition) is 4. The fourth-order valence-corrected chi connectivity index (χ4v) is 3.89. The van der Waals surface area contributed by atoms with Gasteiger partial charge in [0.05, 0.1) is 11.4 Å². The molecule has 25 heavy (non-hydrogen) atoms. The van der Waals surface area contributed by atoms with Crippen LogP contribution in [-0.4, -0.2) is 45.3 Å². The summed E-state index contributed by atoms with van der Waals surface area (Å²) < 4.78 is 1.98. The average molecular weight is 339 g/mol. The van der Waals surface area contributed by atoms with E-state index in [1.807, 2.05) is 47.4 Å². The maximum absolute atomic E-state index is 12.7. The minimum atomic E-state index is -0.466. The normalized spacial score (nSPS) is 20.6. The largest absolute Gasteiger partial charge is 0.369 e. The number of aromatic nitrogens is 2. The van der Waals surface area contributed by atoms with Crippen LogP contribution in [0.4, 0.5) is 11.4 Å². The molecule has 132 valence electrons. The lowest BCUT2D eigenvalue weighted by Crippen LogP contribution is -2.59. The van der Waals surface area contributed by atoms with Gasteiger partial charge >= 0.3 is 0 Å². The van der Waals surface area contributed by atoms with Gasteiger partial charge in [-0.25, -0.2) is 0 Å². The topological polar surface area (TPSA) is 62.2 Å². The van der Waals surface area contributed by atoms with Gasteiger partial charge in [-0.05, 0) is 44.4 Å². The Morgan fingerprint density at radius 1 is 1.20 bits per heavy atom. The molecule has 1 atom stereocenters. The van der Waals surface area contributed by atoms with E-state index in [2.05, 4.69) is 27.6 Å². The Labute approximate surface area is 148 Å². The summed E-state index contributed by atoms with van der Waals surface area (Å²) in [5.41, 5.74) is 1.45. The van der Waals surface area contributed by atoms with Crippen LogP contribution in [0.1, 0.15) is 26.2 Å². The molecule has 0 bridgehead atoms. The second-order valence-corrected chi connectivity index (χ2v) is 7.15. The molecule has 2 aromatic rings. The molecule has 1 spiro atoms. The molecular formula is C19H25N5O. The number of hydrogen-bond donors (Lipinski definition) is 2. The van der Waals surface area contributed by atoms with E-state index in [1.54, 1.807) is 0 Å². The molecule has 0 saturated carbocycles. The summed E-state index contributed by atoms with van der Waals surface area (Å²) in [5, 5.41) is 10.9. The van der Waals surface area contributed by atoms with Gasteiger partial charge in [-0.3, -0.25) is 9.48 Å². The predicted octanol–water partition coefficient (Wildman–Crippen LogP) is 2.56. The number of carbonyl (C=O) groups excluding carboxylic acids is 1. The van der Waals surface area contributed by atoms with E-state index >= 15 is 0 Å². The van der Waals surface area contributed by atoms with Gasteiger partial charge in [0.25, 0.3) is 0 Å². The molecule has 0 aliphatic carbocycles. The molecular weight excluding hydrogens is 314 g/mol. The molecule has 1 aromatic heterocycles. The van der Waals surface area contributed by atoms with Crippen molar-refractivity contribution in [1.82, 2.24) is 14.7 Å². The maximum Gasteiger partial charge on any atom is 0.250 e. The van der Waals surface area contributed by atoms with Crippen LogP contribution in [-0.2, 0) is 11.3 Å². The molecule has 2 aliphatic heterocycles. The highest BCUT2D eigenvalue weighted by molar-refractivity contribution is 6.06. The van der Waals surface area contributed by atoms with Gasteiger partial charge < -0.3 is 15.5 Å². The smallest absolute Gasteiger partial charge is 0.250 e. The van der Waals surface area contributed by atoms with Gasteiger partial charge in [0.2, 0.25) is 5.91 Å². The average Bonchev–Trinajstić information content (AvgIpc) is 3.15. The van der Waals surface area contributed by atoms with Gasteiger partial charge in [0, 0.05) is 38.1 Å². The molecule has 1 aromatic carbocycles. The highest BCUT2D eigenvalue weighted by Crippen LogP contribution is 2.36. The van der Waals surface area contributed by atoms with Crippen LogP contribution in [0.3, 0.4) is 0 Å². The summed E-state index contributed by atoms with van der Waals surface area (Å²) in [5.74, 6) is 0.107. The van der Waals surface area contributed by atoms with Crippen molar-refractivity contribution in [3.63, 3.8) is 0 Å². The number of aryl methyl sites for hydroxylation is 1. The number of anilines is 2. The van der Waals surface area contributed by atoms with E-state index < -0.39 is 5.54 Å². The molecule has 2 N–H and O–H groups in total. The molecule has 3 heterocycles. The Morgan fingerprint density at radius 2 is 1.96 bits per heavy atom. The number of nitrogens with zero attached hydrogens (tertiary/aromatic N) is 3. The van der Waals surface area contributed by atoms with Crippen molar-refractivity contribution in [1.29, 1.82) is 0 Å². The molecule has 1 amide bonds. The van der Waals surface area contributed by atoms with Crippen molar-refractivity contribution in [3.8, 4) is 0 Å². The zero-order valence-electron chi connectivity index (χ0n) is 14.6. The number of benzene rings is 1. The summed E-state index contributed by atoms with van der Waals surface area (Å²) in [6.07, 6.45) is 6.56. The van der Waals surface area contributed by atoms with Crippen molar-refractivity contribution in [2.75, 3.05) is 23.7 Å². The number of piperidine rings is 1. The summed E-state index contributed by atoms with van der Waals surface area (Å²) in [4.78, 5) is 15.2. The SMILES string of the molecule is CC(CCn1cccn1)N1CCC2(CC1)Nc1ccccc1NC2=O. The highest BCUT2D eigenvalue weighted by atomic mass is 16.2. The first-order valence-electron chi connectivity index (χ1n) is 9.06. The molecule has 4 rings (SSSR count). The quantitative estimate of drug-likeness (QED) is 0.899. The first-order valence-corrected chi connectivity index (χ1v) is 9.06. The zero-order valence-corrected chi connectivity index (χ0v) is 14.6. The molecule has 2 aliphatic rings. The van der Waals surface area contributed by atoms with E-state index in [1.165, 1.54) is 0 Å². The third kappa shape index (κ3) is 3.14. The second-order valence-electron chi connectivity index (χ2n) is 7.15. The summed E-state index contributed by atoms with van der Waals surface area (Å²) in [7, 11) is 0. The van der Waals surface area contributed by atoms with E-state index in [9.17, 15) is 4.79 Å². The first kappa shape index (κ1) is 16.1. The van der Waals surface area contributed by atoms with Gasteiger partial charge in [-0.2, -0.15) is 5.10 Å². The number of para-hydroxylation sites is 2. The fraction of sp³-hybridized carbons (Fsp3) is 0.474. The maximum atomic E-state index is 12.7. The lowest BCUT2D eigenvalue weighted by atomic mass is 9.84. The minimum Gasteiger partial charge on any atom is -0.369 e. The monoisotopic (exact) mass is 339 g/mol. The first-order chi connectivity index (χ1) is 12.2. The van der Waals surface area contributed by atoms with E-state index in [0.29, 0.717) is 6.04 Å². The number of amides is 1. The van der Waals surface area contributed by atoms with Crippen molar-refractivity contribution >= 4 is 17.3 Å². The van der Waals surface area contributed by atoms with Gasteiger partial charge in [0.15, 0.2) is 0 Å². The van der Waals surface area contributed by atoms with E-state index in [4.69, 9.17) is 0 Å². The Balaban J connectivity index is 1.37. The molecule has 6 nitrogen and oxygen atoms in total. The van der Waals surface area contributed by atoms with Crippen LogP contribution in [0.15, 0.2) is 42.7 Å². The number of fused-ring (bicyclic) bond motifs is 1. The fourth-order valence-electron chi connectivity index (χ4n) is 3.89. The number of rotatable bonds is 4. The third-order valence-corrected chi connectivity index (χ3v) is 5.59. The van der Waals surface area contributed by atoms with Crippen molar-refractivity contribution in [2.24, 2.45) is 0 Å². The Morgan fingerprint density at radius 3 is 2.68 bits per heavy atom. The lowest BCUT2D eigenvalue weighted by molar-refractivity contribution is -0.122. The van der Waals surface area contributed by atoms with Crippen LogP contribution in [0.5, 0.6) is 0 Å². The van der Waals surface area contributed by atoms with Crippen LogP contribution < -0.4 is 10.6 Å². The zero-order chi connectivity index (χ0) is 17.3. The molecule has 1 saturated heterocycles. The van der Waals surface area contributed by atoms with Gasteiger partial charge in [0.1, 0.15) is 5.54 Å². The Kier molecular flexibility index (Phi) is 4.21. The standard InChI is InChI=1S/C19H25N5O/c1-15(7-12-24-11-4-10-20-24)23-13-8-19(9-14-23)18(25)21-16-5-2-3-6-17(16)22-19/h2-6,10-11,15,22H,7-9,12-14H2,1H3,(H,21,25). The predicted molar refractivity (Wildman–Crippen MR) is 98.5 cm³/mol. The summed E-state index contributed by atoms with van der Waals surface area (Å²) >= 11 is 0. The molecule has 1 unspecified atom stereocenters. The van der Waals surface area contributed by atoms with E-state index in [0.717, 1.165) is 50.3 Å². The highest BCUT2D eigenvalue weighted by Gasteiger charge is 2.44. The van der Waals surface area contributed by atoms with Gasteiger partial charge in [-0.15, -0.1) is 0 Å². The molecule has 6 heteroatoms. The second kappa shape index (κ2) is 6.52. The van der Waals surface area contributed by atoms with Crippen molar-refractivity contribution in [2.45, 2.75) is 44.3 Å². The number of likely N-dealkylation sites (tertiary alicyclic amines) is 1. The summed E-state index contributed by atoms with van der Waals surface area (Å²) in [6, 6.07) is 10.4. The van der Waals surface area contributed by atoms with Crippen LogP contribution >= 0.6 is 0 Å². The van der Waals surface area contributed by atoms with Crippen molar-refractivity contribution in [3.05, 3.63) is 42.7 Å². The molecule has 1 fully saturated rings. The van der Waals surface area contributed by atoms with Gasteiger partial charge in [-0.1, -0.05) is 12.1 Å². The molecule has 0 radical (unpaired) electrons. The van der Waals surface area contributed by atoms with E-state index in [-0.39, 0.29) is 5.91 Å².